The monoisotopic (exact) mass is 198 g/mol. The van der Waals surface area contributed by atoms with E-state index in [4.69, 9.17) is 5.73 Å². The molecular formula is C10H18N2O2. The van der Waals surface area contributed by atoms with Crippen molar-refractivity contribution in [3.8, 4) is 0 Å². The first kappa shape index (κ1) is 11.0. The van der Waals surface area contributed by atoms with E-state index in [0.717, 1.165) is 19.3 Å². The predicted molar refractivity (Wildman–Crippen MR) is 53.3 cm³/mol. The summed E-state index contributed by atoms with van der Waals surface area (Å²) in [4.78, 5) is 22.5. The Morgan fingerprint density at radius 3 is 2.43 bits per heavy atom. The van der Waals surface area contributed by atoms with E-state index >= 15 is 0 Å². The van der Waals surface area contributed by atoms with E-state index in [1.165, 1.54) is 0 Å². The van der Waals surface area contributed by atoms with Gasteiger partial charge in [-0.05, 0) is 18.8 Å². The number of primary amides is 1. The average Bonchev–Trinajstić information content (AvgIpc) is 2.95. The third-order valence-corrected chi connectivity index (χ3v) is 2.77. The molecule has 14 heavy (non-hydrogen) atoms. The minimum atomic E-state index is -0.506. The molecule has 2 atom stereocenters. The SMILES string of the molecule is CC[C@@H](C)[C@@H](NC(=O)C1CC1)C(N)=O. The molecule has 1 aliphatic rings. The highest BCUT2D eigenvalue weighted by Crippen LogP contribution is 2.29. The second-order valence-electron chi connectivity index (χ2n) is 4.05. The van der Waals surface area contributed by atoms with Gasteiger partial charge in [-0.1, -0.05) is 20.3 Å². The summed E-state index contributed by atoms with van der Waals surface area (Å²) < 4.78 is 0. The average molecular weight is 198 g/mol. The van der Waals surface area contributed by atoms with E-state index in [9.17, 15) is 9.59 Å². The summed E-state index contributed by atoms with van der Waals surface area (Å²) in [6, 6.07) is -0.506. The van der Waals surface area contributed by atoms with Crippen LogP contribution in [-0.2, 0) is 9.59 Å². The van der Waals surface area contributed by atoms with Crippen LogP contribution in [0.15, 0.2) is 0 Å². The van der Waals surface area contributed by atoms with Crippen molar-refractivity contribution in [1.29, 1.82) is 0 Å². The quantitative estimate of drug-likeness (QED) is 0.671. The van der Waals surface area contributed by atoms with Gasteiger partial charge in [0.25, 0.3) is 0 Å². The van der Waals surface area contributed by atoms with Crippen LogP contribution in [0.1, 0.15) is 33.1 Å². The summed E-state index contributed by atoms with van der Waals surface area (Å²) in [5.74, 6) is -0.224. The van der Waals surface area contributed by atoms with Crippen LogP contribution in [0.4, 0.5) is 0 Å². The van der Waals surface area contributed by atoms with Crippen LogP contribution in [-0.4, -0.2) is 17.9 Å². The Kier molecular flexibility index (Phi) is 3.49. The Morgan fingerprint density at radius 1 is 1.50 bits per heavy atom. The molecule has 0 aliphatic heterocycles. The molecule has 0 radical (unpaired) electrons. The topological polar surface area (TPSA) is 72.2 Å². The molecule has 3 N–H and O–H groups in total. The first-order valence-electron chi connectivity index (χ1n) is 5.16. The van der Waals surface area contributed by atoms with Crippen LogP contribution >= 0.6 is 0 Å². The Hall–Kier alpha value is -1.06. The van der Waals surface area contributed by atoms with Crippen molar-refractivity contribution in [2.75, 3.05) is 0 Å². The van der Waals surface area contributed by atoms with E-state index in [1.54, 1.807) is 0 Å². The molecular weight excluding hydrogens is 180 g/mol. The van der Waals surface area contributed by atoms with Crippen molar-refractivity contribution < 1.29 is 9.59 Å². The second-order valence-corrected chi connectivity index (χ2v) is 4.05. The van der Waals surface area contributed by atoms with E-state index in [0.29, 0.717) is 0 Å². The molecule has 4 heteroatoms. The number of hydrogen-bond donors (Lipinski definition) is 2. The third-order valence-electron chi connectivity index (χ3n) is 2.77. The Morgan fingerprint density at radius 2 is 2.07 bits per heavy atom. The lowest BCUT2D eigenvalue weighted by atomic mass is 9.98. The lowest BCUT2D eigenvalue weighted by molar-refractivity contribution is -0.129. The molecule has 0 heterocycles. The van der Waals surface area contributed by atoms with Crippen molar-refractivity contribution in [1.82, 2.24) is 5.32 Å². The highest BCUT2D eigenvalue weighted by Gasteiger charge is 2.33. The molecule has 0 spiro atoms. The zero-order valence-electron chi connectivity index (χ0n) is 8.75. The number of carbonyl (C=O) groups is 2. The summed E-state index contributed by atoms with van der Waals surface area (Å²) in [5, 5.41) is 2.72. The fourth-order valence-corrected chi connectivity index (χ4v) is 1.35. The molecule has 0 aromatic carbocycles. The van der Waals surface area contributed by atoms with Gasteiger partial charge < -0.3 is 11.1 Å². The highest BCUT2D eigenvalue weighted by atomic mass is 16.2. The molecule has 80 valence electrons. The van der Waals surface area contributed by atoms with Gasteiger partial charge in [0, 0.05) is 5.92 Å². The number of amides is 2. The Bertz CT molecular complexity index is 236. The maximum atomic E-state index is 11.4. The number of carbonyl (C=O) groups excluding carboxylic acids is 2. The van der Waals surface area contributed by atoms with Gasteiger partial charge in [-0.15, -0.1) is 0 Å². The summed E-state index contributed by atoms with van der Waals surface area (Å²) in [5.41, 5.74) is 5.23. The van der Waals surface area contributed by atoms with Gasteiger partial charge in [0.1, 0.15) is 6.04 Å². The number of rotatable bonds is 5. The van der Waals surface area contributed by atoms with E-state index in [1.807, 2.05) is 13.8 Å². The summed E-state index contributed by atoms with van der Waals surface area (Å²) >= 11 is 0. The number of nitrogens with two attached hydrogens (primary N) is 1. The van der Waals surface area contributed by atoms with Crippen LogP contribution in [0.25, 0.3) is 0 Å². The van der Waals surface area contributed by atoms with Gasteiger partial charge in [-0.2, -0.15) is 0 Å². The van der Waals surface area contributed by atoms with Crippen molar-refractivity contribution in [2.24, 2.45) is 17.6 Å². The van der Waals surface area contributed by atoms with Gasteiger partial charge >= 0.3 is 0 Å². The number of hydrogen-bond acceptors (Lipinski definition) is 2. The molecule has 0 aromatic rings. The molecule has 1 aliphatic carbocycles. The van der Waals surface area contributed by atoms with Crippen LogP contribution in [0, 0.1) is 11.8 Å². The van der Waals surface area contributed by atoms with Crippen molar-refractivity contribution in [3.05, 3.63) is 0 Å². The van der Waals surface area contributed by atoms with Crippen LogP contribution < -0.4 is 11.1 Å². The normalized spacial score (nSPS) is 19.9. The van der Waals surface area contributed by atoms with Crippen molar-refractivity contribution in [3.63, 3.8) is 0 Å². The first-order chi connectivity index (χ1) is 6.56. The smallest absolute Gasteiger partial charge is 0.240 e. The predicted octanol–water partition coefficient (Wildman–Crippen LogP) is 0.413. The molecule has 0 saturated heterocycles. The second kappa shape index (κ2) is 4.44. The number of nitrogens with one attached hydrogen (secondary N) is 1. The third kappa shape index (κ3) is 2.72. The summed E-state index contributed by atoms with van der Waals surface area (Å²) in [6.45, 7) is 3.90. The van der Waals surface area contributed by atoms with Gasteiger partial charge in [-0.25, -0.2) is 0 Å². The van der Waals surface area contributed by atoms with E-state index in [2.05, 4.69) is 5.32 Å². The Balaban J connectivity index is 2.49. The maximum absolute atomic E-state index is 11.4. The van der Waals surface area contributed by atoms with Gasteiger partial charge in [0.2, 0.25) is 11.8 Å². The zero-order valence-corrected chi connectivity index (χ0v) is 8.75. The summed E-state index contributed by atoms with van der Waals surface area (Å²) in [7, 11) is 0. The minimum absolute atomic E-state index is 0.0194. The van der Waals surface area contributed by atoms with Crippen LogP contribution in [0.2, 0.25) is 0 Å². The maximum Gasteiger partial charge on any atom is 0.240 e. The van der Waals surface area contributed by atoms with Gasteiger partial charge in [-0.3, -0.25) is 9.59 Å². The van der Waals surface area contributed by atoms with Gasteiger partial charge in [0.05, 0.1) is 0 Å². The van der Waals surface area contributed by atoms with E-state index < -0.39 is 11.9 Å². The molecule has 2 amide bonds. The van der Waals surface area contributed by atoms with Crippen molar-refractivity contribution in [2.45, 2.75) is 39.2 Å². The fraction of sp³-hybridized carbons (Fsp3) is 0.800. The molecule has 1 saturated carbocycles. The molecule has 0 unspecified atom stereocenters. The molecule has 1 rings (SSSR count). The van der Waals surface area contributed by atoms with Crippen LogP contribution in [0.5, 0.6) is 0 Å². The lowest BCUT2D eigenvalue weighted by Gasteiger charge is -2.20. The summed E-state index contributed by atoms with van der Waals surface area (Å²) in [6.07, 6.45) is 2.72. The minimum Gasteiger partial charge on any atom is -0.368 e. The fourth-order valence-electron chi connectivity index (χ4n) is 1.35. The van der Waals surface area contributed by atoms with Gasteiger partial charge in [0.15, 0.2) is 0 Å². The van der Waals surface area contributed by atoms with Crippen LogP contribution in [0.3, 0.4) is 0 Å². The molecule has 4 nitrogen and oxygen atoms in total. The standard InChI is InChI=1S/C10H18N2O2/c1-3-6(2)8(9(11)13)12-10(14)7-4-5-7/h6-8H,3-5H2,1-2H3,(H2,11,13)(H,12,14)/t6-,8-/m1/s1. The van der Waals surface area contributed by atoms with Crippen molar-refractivity contribution >= 4 is 11.8 Å². The van der Waals surface area contributed by atoms with E-state index in [-0.39, 0.29) is 17.7 Å². The molecule has 1 fully saturated rings. The lowest BCUT2D eigenvalue weighted by Crippen LogP contribution is -2.48. The largest absolute Gasteiger partial charge is 0.368 e. The zero-order chi connectivity index (χ0) is 10.7. The Labute approximate surface area is 84.2 Å². The molecule has 0 aromatic heterocycles. The molecule has 0 bridgehead atoms. The highest BCUT2D eigenvalue weighted by molar-refractivity contribution is 5.88. The first-order valence-corrected chi connectivity index (χ1v) is 5.16.